The summed E-state index contributed by atoms with van der Waals surface area (Å²) < 4.78 is 1.43. The summed E-state index contributed by atoms with van der Waals surface area (Å²) in [6.45, 7) is 2.07. The van der Waals surface area contributed by atoms with Crippen LogP contribution in [-0.2, 0) is 13.5 Å². The summed E-state index contributed by atoms with van der Waals surface area (Å²) in [5.41, 5.74) is 1.14. The predicted octanol–water partition coefficient (Wildman–Crippen LogP) is 0.270. The molecule has 0 aromatic carbocycles. The molecule has 15 heavy (non-hydrogen) atoms. The highest BCUT2D eigenvalue weighted by atomic mass is 16.4. The fourth-order valence-corrected chi connectivity index (χ4v) is 2.01. The molecule has 2 rings (SSSR count). The minimum Gasteiger partial charge on any atom is -0.477 e. The molecular weight excluding hydrogens is 194 g/mol. The van der Waals surface area contributed by atoms with E-state index in [0.29, 0.717) is 5.92 Å². The molecule has 0 radical (unpaired) electrons. The van der Waals surface area contributed by atoms with Gasteiger partial charge in [0.25, 0.3) is 0 Å². The Labute approximate surface area is 88.1 Å². The average molecular weight is 209 g/mol. The van der Waals surface area contributed by atoms with Crippen LogP contribution >= 0.6 is 0 Å². The van der Waals surface area contributed by atoms with Gasteiger partial charge in [-0.1, -0.05) is 0 Å². The molecule has 1 fully saturated rings. The molecule has 0 saturated carbocycles. The van der Waals surface area contributed by atoms with Gasteiger partial charge in [0.2, 0.25) is 0 Å². The Bertz CT molecular complexity index is 367. The molecule has 0 amide bonds. The third kappa shape index (κ3) is 2.18. The van der Waals surface area contributed by atoms with Crippen LogP contribution in [0.2, 0.25) is 0 Å². The molecule has 0 bridgehead atoms. The van der Waals surface area contributed by atoms with Crippen LogP contribution in [-0.4, -0.2) is 33.9 Å². The summed E-state index contributed by atoms with van der Waals surface area (Å²) in [4.78, 5) is 10.8. The van der Waals surface area contributed by atoms with Gasteiger partial charge in [0.05, 0.1) is 5.69 Å². The van der Waals surface area contributed by atoms with Crippen LogP contribution in [0.15, 0.2) is 6.07 Å². The normalized spacial score (nSPS) is 20.7. The number of hydrogen-bond acceptors (Lipinski definition) is 3. The highest BCUT2D eigenvalue weighted by Gasteiger charge is 2.18. The van der Waals surface area contributed by atoms with E-state index in [-0.39, 0.29) is 5.69 Å². The highest BCUT2D eigenvalue weighted by molar-refractivity contribution is 5.85. The van der Waals surface area contributed by atoms with Crippen molar-refractivity contribution >= 4 is 5.97 Å². The first kappa shape index (κ1) is 10.2. The first-order valence-corrected chi connectivity index (χ1v) is 5.13. The first-order valence-electron chi connectivity index (χ1n) is 5.13. The van der Waals surface area contributed by atoms with Crippen molar-refractivity contribution in [3.8, 4) is 0 Å². The van der Waals surface area contributed by atoms with Crippen molar-refractivity contribution in [2.45, 2.75) is 12.8 Å². The van der Waals surface area contributed by atoms with Crippen molar-refractivity contribution in [1.29, 1.82) is 0 Å². The molecule has 1 aromatic heterocycles. The second kappa shape index (κ2) is 4.02. The smallest absolute Gasteiger partial charge is 0.354 e. The minimum atomic E-state index is -0.916. The lowest BCUT2D eigenvalue weighted by molar-refractivity contribution is 0.0685. The average Bonchev–Trinajstić information content (AvgIpc) is 2.75. The molecule has 1 saturated heterocycles. The van der Waals surface area contributed by atoms with Gasteiger partial charge in [0.15, 0.2) is 0 Å². The van der Waals surface area contributed by atoms with E-state index in [1.54, 1.807) is 13.1 Å². The fraction of sp³-hybridized carbons (Fsp3) is 0.600. The van der Waals surface area contributed by atoms with Gasteiger partial charge >= 0.3 is 5.97 Å². The van der Waals surface area contributed by atoms with Crippen LogP contribution in [0, 0.1) is 5.92 Å². The number of aromatic carboxylic acids is 1. The van der Waals surface area contributed by atoms with E-state index in [1.165, 1.54) is 4.68 Å². The van der Waals surface area contributed by atoms with E-state index >= 15 is 0 Å². The zero-order valence-corrected chi connectivity index (χ0v) is 8.73. The third-order valence-corrected chi connectivity index (χ3v) is 2.81. The second-order valence-electron chi connectivity index (χ2n) is 4.01. The Morgan fingerprint density at radius 1 is 1.80 bits per heavy atom. The lowest BCUT2D eigenvalue weighted by Gasteiger charge is -2.03. The van der Waals surface area contributed by atoms with Gasteiger partial charge in [-0.2, -0.15) is 5.10 Å². The van der Waals surface area contributed by atoms with Crippen LogP contribution in [0.1, 0.15) is 22.6 Å². The van der Waals surface area contributed by atoms with Crippen molar-refractivity contribution in [2.24, 2.45) is 13.0 Å². The Morgan fingerprint density at radius 2 is 2.60 bits per heavy atom. The van der Waals surface area contributed by atoms with Gasteiger partial charge < -0.3 is 10.4 Å². The number of carboxylic acids is 1. The molecule has 1 aliphatic heterocycles. The van der Waals surface area contributed by atoms with Crippen molar-refractivity contribution in [3.05, 3.63) is 17.5 Å². The van der Waals surface area contributed by atoms with Crippen molar-refractivity contribution < 1.29 is 9.90 Å². The number of aromatic nitrogens is 2. The van der Waals surface area contributed by atoms with Crippen LogP contribution in [0.4, 0.5) is 0 Å². The minimum absolute atomic E-state index is 0.260. The van der Waals surface area contributed by atoms with Crippen LogP contribution < -0.4 is 5.32 Å². The molecule has 1 aromatic rings. The number of aryl methyl sites for hydroxylation is 1. The second-order valence-corrected chi connectivity index (χ2v) is 4.01. The summed E-state index contributed by atoms with van der Waals surface area (Å²) in [5, 5.41) is 16.4. The lowest BCUT2D eigenvalue weighted by Crippen LogP contribution is -2.11. The molecule has 2 heterocycles. The Morgan fingerprint density at radius 3 is 3.13 bits per heavy atom. The van der Waals surface area contributed by atoms with Crippen molar-refractivity contribution in [1.82, 2.24) is 15.1 Å². The van der Waals surface area contributed by atoms with E-state index in [1.807, 2.05) is 0 Å². The monoisotopic (exact) mass is 209 g/mol. The van der Waals surface area contributed by atoms with Gasteiger partial charge in [0, 0.05) is 7.05 Å². The molecule has 1 aliphatic rings. The van der Waals surface area contributed by atoms with E-state index < -0.39 is 5.97 Å². The molecule has 1 unspecified atom stereocenters. The number of hydrogen-bond donors (Lipinski definition) is 2. The van der Waals surface area contributed by atoms with E-state index in [4.69, 9.17) is 5.11 Å². The number of nitrogens with zero attached hydrogens (tertiary/aromatic N) is 2. The van der Waals surface area contributed by atoms with Gasteiger partial charge in [-0.3, -0.25) is 4.68 Å². The Hall–Kier alpha value is -1.36. The quantitative estimate of drug-likeness (QED) is 0.750. The maximum absolute atomic E-state index is 10.8. The third-order valence-electron chi connectivity index (χ3n) is 2.81. The molecule has 5 nitrogen and oxygen atoms in total. The number of carbonyl (C=O) groups is 1. The predicted molar refractivity (Wildman–Crippen MR) is 54.8 cm³/mol. The summed E-state index contributed by atoms with van der Waals surface area (Å²) in [7, 11) is 1.67. The summed E-state index contributed by atoms with van der Waals surface area (Å²) in [6, 6.07) is 1.67. The van der Waals surface area contributed by atoms with E-state index in [0.717, 1.165) is 31.6 Å². The van der Waals surface area contributed by atoms with Crippen LogP contribution in [0.25, 0.3) is 0 Å². The number of nitrogens with one attached hydrogen (secondary N) is 1. The zero-order chi connectivity index (χ0) is 10.8. The molecule has 0 aliphatic carbocycles. The summed E-state index contributed by atoms with van der Waals surface area (Å²) in [6.07, 6.45) is 2.02. The standard InChI is InChI=1S/C10H15N3O2/c1-13-9(10(14)15)5-8(12-13)4-7-2-3-11-6-7/h5,7,11H,2-4,6H2,1H3,(H,14,15). The lowest BCUT2D eigenvalue weighted by atomic mass is 10.0. The SMILES string of the molecule is Cn1nc(CC2CCNC2)cc1C(=O)O. The maximum atomic E-state index is 10.8. The fourth-order valence-electron chi connectivity index (χ4n) is 2.01. The maximum Gasteiger partial charge on any atom is 0.354 e. The number of carboxylic acid groups (broad SMARTS) is 1. The Kier molecular flexibility index (Phi) is 2.73. The summed E-state index contributed by atoms with van der Waals surface area (Å²) in [5.74, 6) is -0.317. The van der Waals surface area contributed by atoms with Gasteiger partial charge in [-0.25, -0.2) is 4.79 Å². The highest BCUT2D eigenvalue weighted by Crippen LogP contribution is 2.15. The number of rotatable bonds is 3. The zero-order valence-electron chi connectivity index (χ0n) is 8.73. The molecule has 82 valence electrons. The van der Waals surface area contributed by atoms with Gasteiger partial charge in [-0.15, -0.1) is 0 Å². The van der Waals surface area contributed by atoms with Gasteiger partial charge in [0.1, 0.15) is 5.69 Å². The van der Waals surface area contributed by atoms with Crippen molar-refractivity contribution in [3.63, 3.8) is 0 Å². The molecule has 1 atom stereocenters. The molecule has 0 spiro atoms. The molecular formula is C10H15N3O2. The largest absolute Gasteiger partial charge is 0.477 e. The van der Waals surface area contributed by atoms with Crippen LogP contribution in [0.3, 0.4) is 0 Å². The molecule has 2 N–H and O–H groups in total. The van der Waals surface area contributed by atoms with Gasteiger partial charge in [-0.05, 0) is 37.9 Å². The van der Waals surface area contributed by atoms with Crippen molar-refractivity contribution in [2.75, 3.05) is 13.1 Å². The topological polar surface area (TPSA) is 67.2 Å². The van der Waals surface area contributed by atoms with E-state index in [9.17, 15) is 4.79 Å². The van der Waals surface area contributed by atoms with Crippen LogP contribution in [0.5, 0.6) is 0 Å². The van der Waals surface area contributed by atoms with E-state index in [2.05, 4.69) is 10.4 Å². The Balaban J connectivity index is 2.08. The summed E-state index contributed by atoms with van der Waals surface area (Å²) >= 11 is 0. The molecule has 5 heteroatoms. The first-order chi connectivity index (χ1) is 7.16.